The van der Waals surface area contributed by atoms with Crippen LogP contribution in [-0.4, -0.2) is 34.0 Å². The first kappa shape index (κ1) is 16.4. The van der Waals surface area contributed by atoms with Crippen molar-refractivity contribution in [3.05, 3.63) is 46.7 Å². The zero-order valence-corrected chi connectivity index (χ0v) is 16.0. The number of rotatable bonds is 4. The number of benzene rings is 1. The molecular weight excluding hydrogens is 380 g/mol. The summed E-state index contributed by atoms with van der Waals surface area (Å²) < 4.78 is 8.97. The van der Waals surface area contributed by atoms with Gasteiger partial charge in [-0.3, -0.25) is 4.68 Å². The van der Waals surface area contributed by atoms with Crippen molar-refractivity contribution < 1.29 is 4.74 Å². The number of pyridine rings is 1. The third kappa shape index (κ3) is 3.11. The van der Waals surface area contributed by atoms with Crippen LogP contribution in [0.3, 0.4) is 0 Å². The smallest absolute Gasteiger partial charge is 0.159 e. The largest absolute Gasteiger partial charge is 0.491 e. The summed E-state index contributed by atoms with van der Waals surface area (Å²) in [6, 6.07) is 10.5. The molecule has 25 heavy (non-hydrogen) atoms. The molecule has 0 saturated carbocycles. The second kappa shape index (κ2) is 6.67. The number of aromatic nitrogens is 3. The summed E-state index contributed by atoms with van der Waals surface area (Å²) in [5.41, 5.74) is 3.19. The van der Waals surface area contributed by atoms with Crippen molar-refractivity contribution >= 4 is 32.7 Å². The average Bonchev–Trinajstić information content (AvgIpc) is 3.19. The Bertz CT molecular complexity index is 890. The van der Waals surface area contributed by atoms with Crippen LogP contribution < -0.4 is 9.64 Å². The van der Waals surface area contributed by atoms with Gasteiger partial charge in [0.25, 0.3) is 0 Å². The lowest BCUT2D eigenvalue weighted by atomic mass is 10.2. The first-order valence-electron chi connectivity index (χ1n) is 8.57. The van der Waals surface area contributed by atoms with Crippen molar-refractivity contribution in [1.29, 1.82) is 0 Å². The van der Waals surface area contributed by atoms with Gasteiger partial charge in [0.05, 0.1) is 22.8 Å². The predicted octanol–water partition coefficient (Wildman–Crippen LogP) is 4.09. The van der Waals surface area contributed by atoms with E-state index in [-0.39, 0.29) is 0 Å². The monoisotopic (exact) mass is 400 g/mol. The van der Waals surface area contributed by atoms with Gasteiger partial charge < -0.3 is 9.64 Å². The normalized spacial score (nSPS) is 17.4. The third-order valence-electron chi connectivity index (χ3n) is 4.82. The van der Waals surface area contributed by atoms with E-state index in [1.54, 1.807) is 0 Å². The highest BCUT2D eigenvalue weighted by Crippen LogP contribution is 2.33. The Morgan fingerprint density at radius 2 is 2.04 bits per heavy atom. The van der Waals surface area contributed by atoms with Crippen molar-refractivity contribution in [2.75, 3.05) is 18.1 Å². The summed E-state index contributed by atoms with van der Waals surface area (Å²) in [6.45, 7) is 3.78. The van der Waals surface area contributed by atoms with E-state index in [0.29, 0.717) is 12.6 Å². The maximum Gasteiger partial charge on any atom is 0.159 e. The fourth-order valence-corrected chi connectivity index (χ4v) is 3.91. The Labute approximate surface area is 155 Å². The molecule has 1 atom stereocenters. The number of hydrogen-bond donors (Lipinski definition) is 0. The van der Waals surface area contributed by atoms with E-state index < -0.39 is 0 Å². The van der Waals surface area contributed by atoms with Crippen LogP contribution in [0.25, 0.3) is 11.0 Å². The second-order valence-corrected chi connectivity index (χ2v) is 7.41. The van der Waals surface area contributed by atoms with Gasteiger partial charge in [0, 0.05) is 24.3 Å². The molecule has 0 radical (unpaired) electrons. The van der Waals surface area contributed by atoms with Crippen molar-refractivity contribution in [3.63, 3.8) is 0 Å². The van der Waals surface area contributed by atoms with Crippen LogP contribution >= 0.6 is 15.9 Å². The third-order valence-corrected chi connectivity index (χ3v) is 5.35. The maximum atomic E-state index is 6.05. The van der Waals surface area contributed by atoms with Gasteiger partial charge in [0.2, 0.25) is 0 Å². The number of halogens is 1. The summed E-state index contributed by atoms with van der Waals surface area (Å²) in [5.74, 6) is 0.910. The zero-order chi connectivity index (χ0) is 17.4. The van der Waals surface area contributed by atoms with Gasteiger partial charge in [-0.2, -0.15) is 5.10 Å². The van der Waals surface area contributed by atoms with E-state index in [1.807, 2.05) is 42.2 Å². The molecule has 130 valence electrons. The first-order chi connectivity index (χ1) is 12.1. The lowest BCUT2D eigenvalue weighted by molar-refractivity contribution is 0.288. The fourth-order valence-electron chi connectivity index (χ4n) is 3.64. The summed E-state index contributed by atoms with van der Waals surface area (Å²) in [5, 5.41) is 5.69. The van der Waals surface area contributed by atoms with Gasteiger partial charge >= 0.3 is 0 Å². The first-order valence-corrected chi connectivity index (χ1v) is 9.36. The van der Waals surface area contributed by atoms with E-state index in [4.69, 9.17) is 4.74 Å². The molecule has 1 aliphatic heterocycles. The minimum absolute atomic E-state index is 0.369. The van der Waals surface area contributed by atoms with Crippen molar-refractivity contribution in [2.45, 2.75) is 25.8 Å². The molecule has 3 aromatic rings. The van der Waals surface area contributed by atoms with E-state index >= 15 is 0 Å². The van der Waals surface area contributed by atoms with E-state index in [2.05, 4.69) is 43.9 Å². The van der Waals surface area contributed by atoms with Crippen LogP contribution in [0.2, 0.25) is 0 Å². The summed E-state index contributed by atoms with van der Waals surface area (Å²) >= 11 is 3.46. The summed E-state index contributed by atoms with van der Waals surface area (Å²) in [7, 11) is 1.95. The maximum absolute atomic E-state index is 6.05. The molecule has 5 nitrogen and oxygen atoms in total. The Morgan fingerprint density at radius 1 is 1.24 bits per heavy atom. The molecule has 2 aromatic heterocycles. The molecule has 1 aliphatic rings. The van der Waals surface area contributed by atoms with E-state index in [9.17, 15) is 0 Å². The van der Waals surface area contributed by atoms with Gasteiger partial charge in [0.1, 0.15) is 12.4 Å². The van der Waals surface area contributed by atoms with Crippen molar-refractivity contribution in [2.24, 2.45) is 7.05 Å². The van der Waals surface area contributed by atoms with Crippen LogP contribution in [0.5, 0.6) is 5.75 Å². The Kier molecular flexibility index (Phi) is 4.37. The molecule has 0 N–H and O–H groups in total. The quantitative estimate of drug-likeness (QED) is 0.661. The van der Waals surface area contributed by atoms with Gasteiger partial charge in [-0.15, -0.1) is 0 Å². The van der Waals surface area contributed by atoms with Crippen LogP contribution in [0.1, 0.15) is 18.5 Å². The SMILES string of the molecule is Cc1nn(C)c2nccc(N3CCC[C@H]3COc3ccc(Br)cc3)c12. The number of ether oxygens (including phenoxy) is 1. The molecular formula is C19H21BrN4O. The highest BCUT2D eigenvalue weighted by atomic mass is 79.9. The minimum Gasteiger partial charge on any atom is -0.491 e. The van der Waals surface area contributed by atoms with Crippen LogP contribution in [0, 0.1) is 6.92 Å². The number of fused-ring (bicyclic) bond motifs is 1. The molecule has 0 unspecified atom stereocenters. The lowest BCUT2D eigenvalue weighted by Gasteiger charge is -2.27. The molecule has 1 aromatic carbocycles. The molecule has 0 bridgehead atoms. The fraction of sp³-hybridized carbons (Fsp3) is 0.368. The van der Waals surface area contributed by atoms with Crippen molar-refractivity contribution in [3.8, 4) is 5.75 Å². The molecule has 0 amide bonds. The van der Waals surface area contributed by atoms with Crippen LogP contribution in [-0.2, 0) is 7.05 Å². The molecule has 1 saturated heterocycles. The van der Waals surface area contributed by atoms with Gasteiger partial charge in [-0.05, 0) is 50.1 Å². The number of anilines is 1. The van der Waals surface area contributed by atoms with E-state index in [0.717, 1.165) is 39.9 Å². The number of aryl methyl sites for hydroxylation is 2. The number of nitrogens with zero attached hydrogens (tertiary/aromatic N) is 4. The lowest BCUT2D eigenvalue weighted by Crippen LogP contribution is -2.34. The Hall–Kier alpha value is -2.08. The summed E-state index contributed by atoms with van der Waals surface area (Å²) in [6.07, 6.45) is 4.20. The highest BCUT2D eigenvalue weighted by Gasteiger charge is 2.28. The molecule has 4 rings (SSSR count). The average molecular weight is 401 g/mol. The van der Waals surface area contributed by atoms with Gasteiger partial charge in [-0.25, -0.2) is 4.98 Å². The van der Waals surface area contributed by atoms with Gasteiger partial charge in [-0.1, -0.05) is 15.9 Å². The highest BCUT2D eigenvalue weighted by molar-refractivity contribution is 9.10. The topological polar surface area (TPSA) is 43.2 Å². The van der Waals surface area contributed by atoms with Crippen LogP contribution in [0.15, 0.2) is 41.0 Å². The van der Waals surface area contributed by atoms with E-state index in [1.165, 1.54) is 12.1 Å². The standard InChI is InChI=1S/C19H21BrN4O/c1-13-18-17(9-10-21-19(18)23(2)22-13)24-11-3-4-15(24)12-25-16-7-5-14(20)6-8-16/h5-10,15H,3-4,11-12H2,1-2H3/t15-/m0/s1. The second-order valence-electron chi connectivity index (χ2n) is 6.49. The number of hydrogen-bond acceptors (Lipinski definition) is 4. The Morgan fingerprint density at radius 3 is 2.84 bits per heavy atom. The Balaban J connectivity index is 1.58. The summed E-state index contributed by atoms with van der Waals surface area (Å²) in [4.78, 5) is 6.95. The van der Waals surface area contributed by atoms with Crippen molar-refractivity contribution in [1.82, 2.24) is 14.8 Å². The van der Waals surface area contributed by atoms with Gasteiger partial charge in [0.15, 0.2) is 5.65 Å². The molecule has 6 heteroatoms. The molecule has 3 heterocycles. The zero-order valence-electron chi connectivity index (χ0n) is 14.4. The van der Waals surface area contributed by atoms with Crippen LogP contribution in [0.4, 0.5) is 5.69 Å². The molecule has 1 fully saturated rings. The predicted molar refractivity (Wildman–Crippen MR) is 103 cm³/mol. The molecule has 0 aliphatic carbocycles. The minimum atomic E-state index is 0.369. The molecule has 0 spiro atoms.